The summed E-state index contributed by atoms with van der Waals surface area (Å²) in [7, 11) is -1.99. The van der Waals surface area contributed by atoms with Crippen LogP contribution >= 0.6 is 0 Å². The first-order valence-corrected chi connectivity index (χ1v) is 12.3. The molecule has 9 heteroatoms. The zero-order valence-corrected chi connectivity index (χ0v) is 19.4. The maximum Gasteiger partial charge on any atom is 0.337 e. The van der Waals surface area contributed by atoms with E-state index in [-0.39, 0.29) is 12.5 Å². The Morgan fingerprint density at radius 3 is 2.38 bits per heavy atom. The van der Waals surface area contributed by atoms with Crippen LogP contribution in [0.4, 0.5) is 11.4 Å². The number of rotatable bonds is 7. The van der Waals surface area contributed by atoms with Gasteiger partial charge in [0.2, 0.25) is 15.9 Å². The second-order valence-electron chi connectivity index (χ2n) is 7.84. The first kappa shape index (κ1) is 23.3. The van der Waals surface area contributed by atoms with E-state index in [9.17, 15) is 18.0 Å². The maximum atomic E-state index is 13.0. The Morgan fingerprint density at radius 1 is 1.03 bits per heavy atom. The fraction of sp³-hybridized carbons (Fsp3) is 0.160. The van der Waals surface area contributed by atoms with Gasteiger partial charge in [0.25, 0.3) is 0 Å². The number of carbonyl (C=O) groups excluding carboxylic acids is 2. The predicted octanol–water partition coefficient (Wildman–Crippen LogP) is 3.38. The van der Waals surface area contributed by atoms with Crippen molar-refractivity contribution in [3.05, 3.63) is 95.1 Å². The second-order valence-corrected chi connectivity index (χ2v) is 9.67. The van der Waals surface area contributed by atoms with Crippen LogP contribution in [0.25, 0.3) is 0 Å². The summed E-state index contributed by atoms with van der Waals surface area (Å²) in [5, 5.41) is 2.85. The number of carbonyl (C=O) groups is 2. The minimum atomic E-state index is -3.29. The van der Waals surface area contributed by atoms with Gasteiger partial charge in [0.15, 0.2) is 0 Å². The molecule has 0 aliphatic carbocycles. The topological polar surface area (TPSA) is 114 Å². The van der Waals surface area contributed by atoms with Gasteiger partial charge in [-0.2, -0.15) is 0 Å². The predicted molar refractivity (Wildman–Crippen MR) is 130 cm³/mol. The standard InChI is InChI=1S/C25H23N3O5S/c1-33-25(30)18-10-13-20-21(14-18)28-24(29)22(20)23(17-6-4-3-5-7-17)27-19-11-8-16(9-12-19)15-26-34(2,31)32/h3-14,22,26H,15H2,1-2H3,(H,28,29). The number of methoxy groups -OCH3 is 1. The minimum Gasteiger partial charge on any atom is -0.465 e. The smallest absolute Gasteiger partial charge is 0.337 e. The molecule has 174 valence electrons. The van der Waals surface area contributed by atoms with Gasteiger partial charge in [0.05, 0.1) is 30.3 Å². The number of amides is 1. The van der Waals surface area contributed by atoms with Gasteiger partial charge in [-0.1, -0.05) is 48.5 Å². The maximum absolute atomic E-state index is 13.0. The van der Waals surface area contributed by atoms with Crippen molar-refractivity contribution in [2.75, 3.05) is 18.7 Å². The van der Waals surface area contributed by atoms with Gasteiger partial charge in [-0.25, -0.2) is 17.9 Å². The second kappa shape index (κ2) is 9.58. The Hall–Kier alpha value is -3.82. The summed E-state index contributed by atoms with van der Waals surface area (Å²) in [5.41, 5.74) is 4.36. The molecular weight excluding hydrogens is 454 g/mol. The highest BCUT2D eigenvalue weighted by molar-refractivity contribution is 7.88. The summed E-state index contributed by atoms with van der Waals surface area (Å²) in [6.45, 7) is 0.176. The van der Waals surface area contributed by atoms with Crippen LogP contribution in [0.2, 0.25) is 0 Å². The van der Waals surface area contributed by atoms with Crippen molar-refractivity contribution in [1.82, 2.24) is 4.72 Å². The molecule has 0 aromatic heterocycles. The van der Waals surface area contributed by atoms with Gasteiger partial charge >= 0.3 is 5.97 Å². The summed E-state index contributed by atoms with van der Waals surface area (Å²) in [6.07, 6.45) is 1.11. The minimum absolute atomic E-state index is 0.176. The molecule has 3 aromatic carbocycles. The molecule has 1 unspecified atom stereocenters. The van der Waals surface area contributed by atoms with Crippen LogP contribution in [-0.2, 0) is 26.1 Å². The first-order valence-electron chi connectivity index (χ1n) is 10.5. The number of fused-ring (bicyclic) bond motifs is 1. The van der Waals surface area contributed by atoms with Crippen LogP contribution in [0, 0.1) is 0 Å². The van der Waals surface area contributed by atoms with Crippen molar-refractivity contribution in [3.63, 3.8) is 0 Å². The van der Waals surface area contributed by atoms with Crippen molar-refractivity contribution < 1.29 is 22.7 Å². The van der Waals surface area contributed by atoms with Gasteiger partial charge in [-0.3, -0.25) is 9.79 Å². The Bertz CT molecular complexity index is 1370. The lowest BCUT2D eigenvalue weighted by Gasteiger charge is -2.14. The molecule has 1 aliphatic heterocycles. The molecule has 34 heavy (non-hydrogen) atoms. The quantitative estimate of drug-likeness (QED) is 0.400. The number of hydrogen-bond acceptors (Lipinski definition) is 6. The number of nitrogens with zero attached hydrogens (tertiary/aromatic N) is 1. The van der Waals surface area contributed by atoms with Crippen molar-refractivity contribution >= 4 is 39.0 Å². The summed E-state index contributed by atoms with van der Waals surface area (Å²) in [4.78, 5) is 29.8. The number of nitrogens with one attached hydrogen (secondary N) is 2. The monoisotopic (exact) mass is 477 g/mol. The van der Waals surface area contributed by atoms with Gasteiger partial charge in [-0.05, 0) is 41.0 Å². The first-order chi connectivity index (χ1) is 16.2. The molecule has 0 spiro atoms. The molecule has 1 atom stereocenters. The molecular formula is C25H23N3O5S. The average molecular weight is 478 g/mol. The molecule has 0 radical (unpaired) electrons. The van der Waals surface area contributed by atoms with Crippen LogP contribution in [0.5, 0.6) is 0 Å². The van der Waals surface area contributed by atoms with Gasteiger partial charge in [0.1, 0.15) is 5.92 Å². The van der Waals surface area contributed by atoms with Crippen LogP contribution in [0.15, 0.2) is 77.8 Å². The fourth-order valence-corrected chi connectivity index (χ4v) is 4.15. The number of ether oxygens (including phenoxy) is 1. The van der Waals surface area contributed by atoms with Crippen LogP contribution in [0.3, 0.4) is 0 Å². The van der Waals surface area contributed by atoms with E-state index in [2.05, 4.69) is 10.0 Å². The van der Waals surface area contributed by atoms with Gasteiger partial charge in [-0.15, -0.1) is 0 Å². The number of hydrogen-bond donors (Lipinski definition) is 2. The zero-order valence-electron chi connectivity index (χ0n) is 18.6. The highest BCUT2D eigenvalue weighted by atomic mass is 32.2. The zero-order chi connectivity index (χ0) is 24.3. The molecule has 0 saturated heterocycles. The number of aliphatic imine (C=N–C) groups is 1. The molecule has 0 fully saturated rings. The van der Waals surface area contributed by atoms with Crippen molar-refractivity contribution in [2.24, 2.45) is 4.99 Å². The van der Waals surface area contributed by atoms with Crippen molar-refractivity contribution in [1.29, 1.82) is 0 Å². The number of anilines is 1. The van der Waals surface area contributed by atoms with Crippen LogP contribution in [0.1, 0.15) is 33.0 Å². The van der Waals surface area contributed by atoms with E-state index in [1.165, 1.54) is 7.11 Å². The molecule has 8 nitrogen and oxygen atoms in total. The lowest BCUT2D eigenvalue weighted by Crippen LogP contribution is -2.22. The van der Waals surface area contributed by atoms with E-state index >= 15 is 0 Å². The SMILES string of the molecule is COC(=O)c1ccc2c(c1)NC(=O)C2C(=Nc1ccc(CNS(C)(=O)=O)cc1)c1ccccc1. The third kappa shape index (κ3) is 5.22. The number of esters is 1. The van der Waals surface area contributed by atoms with Crippen molar-refractivity contribution in [2.45, 2.75) is 12.5 Å². The average Bonchev–Trinajstić information content (AvgIpc) is 3.16. The largest absolute Gasteiger partial charge is 0.465 e. The van der Waals surface area contributed by atoms with E-state index in [1.807, 2.05) is 30.3 Å². The molecule has 1 aliphatic rings. The summed E-state index contributed by atoms with van der Waals surface area (Å²) in [6, 6.07) is 21.5. The lowest BCUT2D eigenvalue weighted by atomic mass is 9.90. The molecule has 1 heterocycles. The van der Waals surface area contributed by atoms with E-state index in [0.717, 1.165) is 17.4 Å². The van der Waals surface area contributed by atoms with Crippen LogP contribution in [-0.4, -0.2) is 39.4 Å². The van der Waals surface area contributed by atoms with Gasteiger partial charge < -0.3 is 10.1 Å². The molecule has 3 aromatic rings. The van der Waals surface area contributed by atoms with E-state index in [0.29, 0.717) is 28.2 Å². The third-order valence-corrected chi connectivity index (χ3v) is 6.04. The Labute approximate surface area is 197 Å². The Kier molecular flexibility index (Phi) is 6.58. The van der Waals surface area contributed by atoms with Gasteiger partial charge in [0, 0.05) is 12.2 Å². The molecule has 2 N–H and O–H groups in total. The lowest BCUT2D eigenvalue weighted by molar-refractivity contribution is -0.115. The van der Waals surface area contributed by atoms with E-state index in [4.69, 9.17) is 9.73 Å². The Balaban J connectivity index is 1.72. The third-order valence-electron chi connectivity index (χ3n) is 5.37. The summed E-state index contributed by atoms with van der Waals surface area (Å²) >= 11 is 0. The number of sulfonamides is 1. The normalized spacial score (nSPS) is 15.5. The van der Waals surface area contributed by atoms with E-state index < -0.39 is 21.9 Å². The molecule has 4 rings (SSSR count). The molecule has 1 amide bonds. The summed E-state index contributed by atoms with van der Waals surface area (Å²) < 4.78 is 29.9. The molecule has 0 bridgehead atoms. The number of benzene rings is 3. The highest BCUT2D eigenvalue weighted by Crippen LogP contribution is 2.37. The summed E-state index contributed by atoms with van der Waals surface area (Å²) in [5.74, 6) is -1.40. The van der Waals surface area contributed by atoms with Crippen LogP contribution < -0.4 is 10.0 Å². The van der Waals surface area contributed by atoms with Crippen molar-refractivity contribution in [3.8, 4) is 0 Å². The molecule has 0 saturated carbocycles. The highest BCUT2D eigenvalue weighted by Gasteiger charge is 2.36. The fourth-order valence-electron chi connectivity index (χ4n) is 3.73. The van der Waals surface area contributed by atoms with E-state index in [1.54, 1.807) is 42.5 Å². The Morgan fingerprint density at radius 2 is 1.74 bits per heavy atom.